The van der Waals surface area contributed by atoms with E-state index in [0.717, 1.165) is 12.8 Å². The zero-order valence-electron chi connectivity index (χ0n) is 12.2. The number of hydrogen-bond acceptors (Lipinski definition) is 4. The van der Waals surface area contributed by atoms with Gasteiger partial charge in [0, 0.05) is 24.3 Å². The highest BCUT2D eigenvalue weighted by atomic mass is 32.2. The molecule has 2 N–H and O–H groups in total. The largest absolute Gasteiger partial charge is 0.495 e. The van der Waals surface area contributed by atoms with E-state index in [4.69, 9.17) is 10.5 Å². The summed E-state index contributed by atoms with van der Waals surface area (Å²) >= 11 is 0. The number of benzene rings is 1. The van der Waals surface area contributed by atoms with Crippen molar-refractivity contribution in [2.75, 3.05) is 19.4 Å². The van der Waals surface area contributed by atoms with Gasteiger partial charge in [-0.15, -0.1) is 0 Å². The molecule has 1 aromatic carbocycles. The van der Waals surface area contributed by atoms with Gasteiger partial charge in [0.25, 0.3) is 0 Å². The minimum absolute atomic E-state index is 0.0125. The van der Waals surface area contributed by atoms with Crippen LogP contribution in [0.2, 0.25) is 0 Å². The highest BCUT2D eigenvalue weighted by Gasteiger charge is 2.35. The smallest absolute Gasteiger partial charge is 0.247 e. The Morgan fingerprint density at radius 2 is 2.00 bits per heavy atom. The molecule has 20 heavy (non-hydrogen) atoms. The number of methoxy groups -OCH3 is 1. The molecule has 0 spiro atoms. The molecular weight excluding hydrogens is 276 g/mol. The van der Waals surface area contributed by atoms with Gasteiger partial charge in [0.05, 0.1) is 7.11 Å². The third-order valence-corrected chi connectivity index (χ3v) is 5.85. The standard InChI is InChI=1S/C14H22N2O3S/c1-10-4-5-11(2)16(9-10)20(17,18)14-7-6-12(15)8-13(14)19-3/h6-8,10-11H,4-5,9,15H2,1-3H3. The van der Waals surface area contributed by atoms with Gasteiger partial charge in [0.1, 0.15) is 10.6 Å². The Balaban J connectivity index is 2.44. The fourth-order valence-corrected chi connectivity index (χ4v) is 4.53. The van der Waals surface area contributed by atoms with Crippen LogP contribution in [0.5, 0.6) is 5.75 Å². The number of ether oxygens (including phenoxy) is 1. The summed E-state index contributed by atoms with van der Waals surface area (Å²) in [5.41, 5.74) is 6.17. The predicted octanol–water partition coefficient (Wildman–Crippen LogP) is 2.09. The summed E-state index contributed by atoms with van der Waals surface area (Å²) in [7, 11) is -2.10. The molecule has 2 rings (SSSR count). The van der Waals surface area contributed by atoms with Crippen molar-refractivity contribution in [3.63, 3.8) is 0 Å². The van der Waals surface area contributed by atoms with Crippen LogP contribution >= 0.6 is 0 Å². The molecule has 0 aromatic heterocycles. The predicted molar refractivity (Wildman–Crippen MR) is 79.2 cm³/mol. The average Bonchev–Trinajstić information content (AvgIpc) is 2.40. The van der Waals surface area contributed by atoms with Crippen LogP contribution in [-0.4, -0.2) is 32.4 Å². The van der Waals surface area contributed by atoms with Crippen molar-refractivity contribution in [3.05, 3.63) is 18.2 Å². The number of nitrogens with zero attached hydrogens (tertiary/aromatic N) is 1. The van der Waals surface area contributed by atoms with Gasteiger partial charge < -0.3 is 10.5 Å². The van der Waals surface area contributed by atoms with Gasteiger partial charge in [-0.1, -0.05) is 6.92 Å². The molecule has 6 heteroatoms. The van der Waals surface area contributed by atoms with Crippen LogP contribution in [0.15, 0.2) is 23.1 Å². The maximum absolute atomic E-state index is 12.8. The van der Waals surface area contributed by atoms with Crippen LogP contribution in [0.25, 0.3) is 0 Å². The number of piperidine rings is 1. The number of nitrogen functional groups attached to an aromatic ring is 1. The van der Waals surface area contributed by atoms with Gasteiger partial charge in [0.2, 0.25) is 10.0 Å². The highest BCUT2D eigenvalue weighted by Crippen LogP contribution is 2.33. The van der Waals surface area contributed by atoms with Crippen LogP contribution in [0.1, 0.15) is 26.7 Å². The molecule has 1 aliphatic heterocycles. The second-order valence-electron chi connectivity index (χ2n) is 5.52. The molecule has 1 aromatic rings. The molecule has 1 fully saturated rings. The molecule has 0 saturated carbocycles. The maximum atomic E-state index is 12.8. The molecule has 0 radical (unpaired) electrons. The average molecular weight is 298 g/mol. The lowest BCUT2D eigenvalue weighted by atomic mass is 9.97. The Morgan fingerprint density at radius 3 is 2.65 bits per heavy atom. The summed E-state index contributed by atoms with van der Waals surface area (Å²) in [5, 5.41) is 0. The molecule has 1 aliphatic rings. The van der Waals surface area contributed by atoms with E-state index in [0.29, 0.717) is 23.9 Å². The summed E-state index contributed by atoms with van der Waals surface area (Å²) in [6.07, 6.45) is 1.95. The first-order valence-electron chi connectivity index (χ1n) is 6.81. The summed E-state index contributed by atoms with van der Waals surface area (Å²) in [6, 6.07) is 4.67. The molecule has 1 saturated heterocycles. The number of rotatable bonds is 3. The van der Waals surface area contributed by atoms with Crippen molar-refractivity contribution < 1.29 is 13.2 Å². The molecular formula is C14H22N2O3S. The molecule has 2 unspecified atom stereocenters. The van der Waals surface area contributed by atoms with Crippen LogP contribution in [0, 0.1) is 5.92 Å². The lowest BCUT2D eigenvalue weighted by Gasteiger charge is -2.35. The minimum atomic E-state index is -3.55. The van der Waals surface area contributed by atoms with E-state index in [1.54, 1.807) is 16.4 Å². The van der Waals surface area contributed by atoms with Crippen LogP contribution < -0.4 is 10.5 Å². The molecule has 0 aliphatic carbocycles. The van der Waals surface area contributed by atoms with E-state index in [9.17, 15) is 8.42 Å². The SMILES string of the molecule is COc1cc(N)ccc1S(=O)(=O)N1CC(C)CCC1C. The van der Waals surface area contributed by atoms with E-state index in [1.165, 1.54) is 13.2 Å². The van der Waals surface area contributed by atoms with Gasteiger partial charge in [-0.05, 0) is 37.8 Å². The van der Waals surface area contributed by atoms with Gasteiger partial charge in [-0.2, -0.15) is 4.31 Å². The lowest BCUT2D eigenvalue weighted by molar-refractivity contribution is 0.217. The van der Waals surface area contributed by atoms with E-state index in [2.05, 4.69) is 6.92 Å². The summed E-state index contributed by atoms with van der Waals surface area (Å²) in [4.78, 5) is 0.190. The molecule has 0 amide bonds. The highest BCUT2D eigenvalue weighted by molar-refractivity contribution is 7.89. The second kappa shape index (κ2) is 5.61. The number of nitrogens with two attached hydrogens (primary N) is 1. The normalized spacial score (nSPS) is 24.6. The minimum Gasteiger partial charge on any atom is -0.495 e. The first-order valence-corrected chi connectivity index (χ1v) is 8.25. The Bertz CT molecular complexity index is 586. The first kappa shape index (κ1) is 15.1. The van der Waals surface area contributed by atoms with Crippen molar-refractivity contribution >= 4 is 15.7 Å². The van der Waals surface area contributed by atoms with Crippen molar-refractivity contribution in [1.82, 2.24) is 4.31 Å². The fourth-order valence-electron chi connectivity index (χ4n) is 2.61. The van der Waals surface area contributed by atoms with Gasteiger partial charge in [-0.3, -0.25) is 0 Å². The van der Waals surface area contributed by atoms with Gasteiger partial charge in [0.15, 0.2) is 0 Å². The second-order valence-corrected chi connectivity index (χ2v) is 7.38. The van der Waals surface area contributed by atoms with Crippen molar-refractivity contribution in [2.45, 2.75) is 37.6 Å². The molecule has 1 heterocycles. The Hall–Kier alpha value is -1.27. The van der Waals surface area contributed by atoms with Crippen molar-refractivity contribution in [1.29, 1.82) is 0 Å². The Kier molecular flexibility index (Phi) is 4.25. The number of hydrogen-bond donors (Lipinski definition) is 1. The zero-order chi connectivity index (χ0) is 14.9. The monoisotopic (exact) mass is 298 g/mol. The van der Waals surface area contributed by atoms with Gasteiger partial charge in [-0.25, -0.2) is 8.42 Å². The Labute approximate surface area is 120 Å². The van der Waals surface area contributed by atoms with E-state index < -0.39 is 10.0 Å². The first-order chi connectivity index (χ1) is 9.36. The van der Waals surface area contributed by atoms with Crippen LogP contribution in [0.3, 0.4) is 0 Å². The van der Waals surface area contributed by atoms with Crippen molar-refractivity contribution in [2.24, 2.45) is 5.92 Å². The number of anilines is 1. The summed E-state index contributed by atoms with van der Waals surface area (Å²) < 4.78 is 32.4. The fraction of sp³-hybridized carbons (Fsp3) is 0.571. The summed E-state index contributed by atoms with van der Waals surface area (Å²) in [5.74, 6) is 0.677. The third-order valence-electron chi connectivity index (χ3n) is 3.83. The van der Waals surface area contributed by atoms with Gasteiger partial charge >= 0.3 is 0 Å². The maximum Gasteiger partial charge on any atom is 0.247 e. The van der Waals surface area contributed by atoms with Crippen LogP contribution in [-0.2, 0) is 10.0 Å². The quantitative estimate of drug-likeness (QED) is 0.867. The molecule has 5 nitrogen and oxygen atoms in total. The van der Waals surface area contributed by atoms with Crippen molar-refractivity contribution in [3.8, 4) is 5.75 Å². The van der Waals surface area contributed by atoms with E-state index in [1.807, 2.05) is 6.92 Å². The Morgan fingerprint density at radius 1 is 1.30 bits per heavy atom. The van der Waals surface area contributed by atoms with E-state index >= 15 is 0 Å². The summed E-state index contributed by atoms with van der Waals surface area (Å²) in [6.45, 7) is 4.58. The number of sulfonamides is 1. The molecule has 2 atom stereocenters. The van der Waals surface area contributed by atoms with E-state index in [-0.39, 0.29) is 10.9 Å². The molecule has 0 bridgehead atoms. The topological polar surface area (TPSA) is 72.6 Å². The zero-order valence-corrected chi connectivity index (χ0v) is 13.0. The molecule has 112 valence electrons. The third kappa shape index (κ3) is 2.76. The van der Waals surface area contributed by atoms with Crippen LogP contribution in [0.4, 0.5) is 5.69 Å². The lowest BCUT2D eigenvalue weighted by Crippen LogP contribution is -2.44.